The summed E-state index contributed by atoms with van der Waals surface area (Å²) < 4.78 is 0. The van der Waals surface area contributed by atoms with Crippen LogP contribution in [-0.4, -0.2) is 38.9 Å². The molecule has 1 amide bonds. The van der Waals surface area contributed by atoms with Crippen LogP contribution in [0.5, 0.6) is 11.5 Å². The lowest BCUT2D eigenvalue weighted by Gasteiger charge is -2.23. The number of carbonyl (C=O) groups excluding carboxylic acids is 1. The number of hydrogen-bond donors (Lipinski definition) is 2. The van der Waals surface area contributed by atoms with E-state index in [9.17, 15) is 15.0 Å². The van der Waals surface area contributed by atoms with E-state index in [2.05, 4.69) is 15.9 Å². The van der Waals surface area contributed by atoms with Crippen molar-refractivity contribution >= 4 is 21.8 Å². The van der Waals surface area contributed by atoms with Gasteiger partial charge in [-0.3, -0.25) is 4.79 Å². The van der Waals surface area contributed by atoms with Crippen LogP contribution in [0.2, 0.25) is 0 Å². The molecule has 0 radical (unpaired) electrons. The summed E-state index contributed by atoms with van der Waals surface area (Å²) >= 11 is 3.38. The van der Waals surface area contributed by atoms with Crippen LogP contribution in [0.3, 0.4) is 0 Å². The first kappa shape index (κ1) is 12.2. The van der Waals surface area contributed by atoms with Gasteiger partial charge in [0.1, 0.15) is 11.5 Å². The van der Waals surface area contributed by atoms with Gasteiger partial charge in [-0.15, -0.1) is 0 Å². The normalized spacial score (nSPS) is 19.6. The molecule has 92 valence electrons. The van der Waals surface area contributed by atoms with E-state index in [0.717, 1.165) is 18.2 Å². The van der Waals surface area contributed by atoms with Gasteiger partial charge < -0.3 is 15.1 Å². The Morgan fingerprint density at radius 2 is 2.24 bits per heavy atom. The van der Waals surface area contributed by atoms with Crippen LogP contribution in [-0.2, 0) is 0 Å². The molecule has 0 bridgehead atoms. The van der Waals surface area contributed by atoms with Crippen LogP contribution in [0.15, 0.2) is 18.2 Å². The van der Waals surface area contributed by atoms with Crippen molar-refractivity contribution in [1.29, 1.82) is 0 Å². The predicted octanol–water partition coefficient (Wildman–Crippen LogP) is 2.10. The Hall–Kier alpha value is -1.23. The lowest BCUT2D eigenvalue weighted by Crippen LogP contribution is -2.36. The number of aromatic hydroxyl groups is 2. The lowest BCUT2D eigenvalue weighted by molar-refractivity contribution is 0.0747. The molecule has 4 nitrogen and oxygen atoms in total. The SMILES string of the molecule is O=C(c1cc(O)ccc1O)N1CCCC1CBr. The summed E-state index contributed by atoms with van der Waals surface area (Å²) in [7, 11) is 0. The van der Waals surface area contributed by atoms with Gasteiger partial charge in [0.15, 0.2) is 0 Å². The van der Waals surface area contributed by atoms with Crippen molar-refractivity contribution in [3.05, 3.63) is 23.8 Å². The second-order valence-electron chi connectivity index (χ2n) is 4.15. The summed E-state index contributed by atoms with van der Waals surface area (Å²) in [5.74, 6) is -0.325. The smallest absolute Gasteiger partial charge is 0.258 e. The van der Waals surface area contributed by atoms with Gasteiger partial charge in [0.05, 0.1) is 5.56 Å². The number of carbonyl (C=O) groups is 1. The Kier molecular flexibility index (Phi) is 3.57. The van der Waals surface area contributed by atoms with Gasteiger partial charge in [0.2, 0.25) is 0 Å². The third-order valence-corrected chi connectivity index (χ3v) is 3.77. The maximum absolute atomic E-state index is 12.2. The zero-order valence-corrected chi connectivity index (χ0v) is 10.9. The van der Waals surface area contributed by atoms with Crippen molar-refractivity contribution < 1.29 is 15.0 Å². The third kappa shape index (κ3) is 2.39. The Bertz CT molecular complexity index is 436. The molecule has 2 N–H and O–H groups in total. The van der Waals surface area contributed by atoms with Gasteiger partial charge in [0, 0.05) is 17.9 Å². The number of nitrogens with zero attached hydrogens (tertiary/aromatic N) is 1. The topological polar surface area (TPSA) is 60.8 Å². The first-order valence-electron chi connectivity index (χ1n) is 5.52. The van der Waals surface area contributed by atoms with Crippen LogP contribution in [0.1, 0.15) is 23.2 Å². The van der Waals surface area contributed by atoms with Crippen LogP contribution in [0.25, 0.3) is 0 Å². The quantitative estimate of drug-likeness (QED) is 0.649. The fraction of sp³-hybridized carbons (Fsp3) is 0.417. The number of halogens is 1. The molecule has 1 saturated heterocycles. The van der Waals surface area contributed by atoms with Crippen molar-refractivity contribution in [2.45, 2.75) is 18.9 Å². The Labute approximate surface area is 108 Å². The first-order chi connectivity index (χ1) is 8.13. The average Bonchev–Trinajstić information content (AvgIpc) is 2.79. The van der Waals surface area contributed by atoms with Crippen molar-refractivity contribution in [2.75, 3.05) is 11.9 Å². The second kappa shape index (κ2) is 4.96. The molecule has 0 aliphatic carbocycles. The summed E-state index contributed by atoms with van der Waals surface area (Å²) in [5, 5.41) is 19.7. The highest BCUT2D eigenvalue weighted by Gasteiger charge is 2.29. The highest BCUT2D eigenvalue weighted by Crippen LogP contribution is 2.27. The molecule has 1 atom stereocenters. The summed E-state index contributed by atoms with van der Waals surface area (Å²) in [4.78, 5) is 14.0. The molecular weight excluding hydrogens is 286 g/mol. The van der Waals surface area contributed by atoms with Crippen molar-refractivity contribution in [2.24, 2.45) is 0 Å². The van der Waals surface area contributed by atoms with E-state index < -0.39 is 0 Å². The highest BCUT2D eigenvalue weighted by atomic mass is 79.9. The van der Waals surface area contributed by atoms with Crippen molar-refractivity contribution in [3.63, 3.8) is 0 Å². The molecule has 0 saturated carbocycles. The number of likely N-dealkylation sites (tertiary alicyclic amines) is 1. The summed E-state index contributed by atoms with van der Waals surface area (Å²) in [6.07, 6.45) is 1.94. The standard InChI is InChI=1S/C12H14BrNO3/c13-7-8-2-1-5-14(8)12(17)10-6-9(15)3-4-11(10)16/h3-4,6,8,15-16H,1-2,5,7H2. The van der Waals surface area contributed by atoms with Gasteiger partial charge in [-0.1, -0.05) is 15.9 Å². The average molecular weight is 300 g/mol. The van der Waals surface area contributed by atoms with E-state index in [0.29, 0.717) is 6.54 Å². The highest BCUT2D eigenvalue weighted by molar-refractivity contribution is 9.09. The fourth-order valence-electron chi connectivity index (χ4n) is 2.11. The summed E-state index contributed by atoms with van der Waals surface area (Å²) in [5.41, 5.74) is 0.165. The van der Waals surface area contributed by atoms with Gasteiger partial charge in [-0.25, -0.2) is 0 Å². The number of phenolic OH excluding ortho intramolecular Hbond substituents is 2. The minimum absolute atomic E-state index is 0.0132. The van der Waals surface area contributed by atoms with Gasteiger partial charge >= 0.3 is 0 Å². The molecular formula is C12H14BrNO3. The van der Waals surface area contributed by atoms with E-state index in [4.69, 9.17) is 0 Å². The van der Waals surface area contributed by atoms with Crippen molar-refractivity contribution in [1.82, 2.24) is 4.90 Å². The molecule has 0 spiro atoms. The molecule has 1 heterocycles. The molecule has 1 fully saturated rings. The third-order valence-electron chi connectivity index (χ3n) is 3.03. The van der Waals surface area contributed by atoms with E-state index in [1.165, 1.54) is 18.2 Å². The number of rotatable bonds is 2. The Balaban J connectivity index is 2.27. The Morgan fingerprint density at radius 1 is 1.47 bits per heavy atom. The minimum Gasteiger partial charge on any atom is -0.508 e. The molecule has 1 aromatic carbocycles. The van der Waals surface area contributed by atoms with E-state index in [1.807, 2.05) is 0 Å². The van der Waals surface area contributed by atoms with Crippen LogP contribution in [0, 0.1) is 0 Å². The Morgan fingerprint density at radius 3 is 2.94 bits per heavy atom. The molecule has 2 rings (SSSR count). The number of alkyl halides is 1. The monoisotopic (exact) mass is 299 g/mol. The lowest BCUT2D eigenvalue weighted by atomic mass is 10.1. The van der Waals surface area contributed by atoms with Crippen LogP contribution in [0.4, 0.5) is 0 Å². The van der Waals surface area contributed by atoms with Crippen molar-refractivity contribution in [3.8, 4) is 11.5 Å². The number of benzene rings is 1. The second-order valence-corrected chi connectivity index (χ2v) is 4.80. The molecule has 0 aromatic heterocycles. The molecule has 5 heteroatoms. The largest absolute Gasteiger partial charge is 0.508 e. The minimum atomic E-state index is -0.222. The number of phenols is 2. The zero-order valence-electron chi connectivity index (χ0n) is 9.27. The van der Waals surface area contributed by atoms with Crippen LogP contribution >= 0.6 is 15.9 Å². The van der Waals surface area contributed by atoms with Crippen LogP contribution < -0.4 is 0 Å². The molecule has 17 heavy (non-hydrogen) atoms. The van der Waals surface area contributed by atoms with Gasteiger partial charge in [-0.05, 0) is 31.0 Å². The molecule has 1 aliphatic rings. The van der Waals surface area contributed by atoms with E-state index in [-0.39, 0.29) is 29.0 Å². The van der Waals surface area contributed by atoms with E-state index in [1.54, 1.807) is 4.90 Å². The maximum Gasteiger partial charge on any atom is 0.258 e. The predicted molar refractivity (Wildman–Crippen MR) is 67.6 cm³/mol. The molecule has 1 unspecified atom stereocenters. The molecule has 1 aliphatic heterocycles. The number of hydrogen-bond acceptors (Lipinski definition) is 3. The fourth-order valence-corrected chi connectivity index (χ4v) is 2.79. The first-order valence-corrected chi connectivity index (χ1v) is 6.64. The van der Waals surface area contributed by atoms with Gasteiger partial charge in [-0.2, -0.15) is 0 Å². The zero-order chi connectivity index (χ0) is 12.4. The molecule has 1 aromatic rings. The van der Waals surface area contributed by atoms with Gasteiger partial charge in [0.25, 0.3) is 5.91 Å². The summed E-state index contributed by atoms with van der Waals surface area (Å²) in [6, 6.07) is 4.17. The summed E-state index contributed by atoms with van der Waals surface area (Å²) in [6.45, 7) is 0.699. The maximum atomic E-state index is 12.2. The van der Waals surface area contributed by atoms with E-state index >= 15 is 0 Å². The number of amides is 1.